The fourth-order valence-electron chi connectivity index (χ4n) is 6.32. The molecule has 0 unspecified atom stereocenters. The van der Waals surface area contributed by atoms with Gasteiger partial charge in [0.1, 0.15) is 6.20 Å². The lowest BCUT2D eigenvalue weighted by molar-refractivity contribution is -0.124. The van der Waals surface area contributed by atoms with Crippen molar-refractivity contribution in [1.82, 2.24) is 14.8 Å². The molecule has 6 rings (SSSR count). The van der Waals surface area contributed by atoms with Gasteiger partial charge in [-0.05, 0) is 79.9 Å². The van der Waals surface area contributed by atoms with Crippen LogP contribution < -0.4 is 16.6 Å². The molecule has 4 saturated carbocycles. The van der Waals surface area contributed by atoms with Crippen LogP contribution in [0.3, 0.4) is 0 Å². The number of carbonyl (C=O) groups is 1. The number of rotatable bonds is 4. The quantitative estimate of drug-likeness (QED) is 0.803. The molecule has 0 radical (unpaired) electrons. The molecule has 0 saturated heterocycles. The predicted molar refractivity (Wildman–Crippen MR) is 109 cm³/mol. The van der Waals surface area contributed by atoms with Gasteiger partial charge in [0.05, 0.1) is 16.4 Å². The summed E-state index contributed by atoms with van der Waals surface area (Å²) in [6.07, 6.45) is 9.07. The summed E-state index contributed by atoms with van der Waals surface area (Å²) in [7, 11) is 0. The van der Waals surface area contributed by atoms with Crippen LogP contribution in [0.5, 0.6) is 0 Å². The largest absolute Gasteiger partial charge is 0.349 e. The summed E-state index contributed by atoms with van der Waals surface area (Å²) < 4.78 is 1.06. The normalized spacial score (nSPS) is 29.8. The minimum absolute atomic E-state index is 0.0345. The van der Waals surface area contributed by atoms with Crippen molar-refractivity contribution in [3.8, 4) is 5.69 Å². The topological polar surface area (TPSA) is 96.8 Å². The number of nitrogens with one attached hydrogen (secondary N) is 2. The molecule has 0 spiro atoms. The highest BCUT2D eigenvalue weighted by Crippen LogP contribution is 2.61. The molecule has 29 heavy (non-hydrogen) atoms. The van der Waals surface area contributed by atoms with Crippen LogP contribution in [0, 0.1) is 23.2 Å². The highest BCUT2D eigenvalue weighted by molar-refractivity contribution is 6.33. The Balaban J connectivity index is 1.36. The third-order valence-corrected chi connectivity index (χ3v) is 7.21. The SMILES string of the molecule is O=C(CC12CC3CC(CC(C3)C1)C2)Nc1cc(-n2ncc(=O)[nH]c2=O)ccc1Cl. The average Bonchev–Trinajstić information content (AvgIpc) is 2.62. The van der Waals surface area contributed by atoms with Gasteiger partial charge in [0.2, 0.25) is 5.91 Å². The summed E-state index contributed by atoms with van der Waals surface area (Å²) in [6.45, 7) is 0. The molecule has 4 aliphatic rings. The summed E-state index contributed by atoms with van der Waals surface area (Å²) >= 11 is 6.29. The molecular formula is C21H23ClN4O3. The van der Waals surface area contributed by atoms with Crippen molar-refractivity contribution in [3.63, 3.8) is 0 Å². The van der Waals surface area contributed by atoms with Gasteiger partial charge in [-0.15, -0.1) is 0 Å². The van der Waals surface area contributed by atoms with Crippen LogP contribution in [0.2, 0.25) is 5.02 Å². The predicted octanol–water partition coefficient (Wildman–Crippen LogP) is 3.12. The lowest BCUT2D eigenvalue weighted by Gasteiger charge is -2.56. The maximum atomic E-state index is 12.9. The van der Waals surface area contributed by atoms with Gasteiger partial charge in [-0.1, -0.05) is 11.6 Å². The third kappa shape index (κ3) is 3.52. The first kappa shape index (κ1) is 18.6. The smallest absolute Gasteiger partial charge is 0.325 e. The molecule has 1 aromatic heterocycles. The van der Waals surface area contributed by atoms with Crippen LogP contribution in [0.15, 0.2) is 34.0 Å². The Morgan fingerprint density at radius 1 is 1.17 bits per heavy atom. The van der Waals surface area contributed by atoms with Gasteiger partial charge in [-0.3, -0.25) is 14.6 Å². The fraction of sp³-hybridized carbons (Fsp3) is 0.524. The van der Waals surface area contributed by atoms with E-state index in [1.165, 1.54) is 19.3 Å². The number of halogens is 1. The Kier molecular flexibility index (Phi) is 4.38. The molecule has 0 aliphatic heterocycles. The average molecular weight is 415 g/mol. The molecule has 1 amide bonds. The second kappa shape index (κ2) is 6.83. The van der Waals surface area contributed by atoms with Gasteiger partial charge in [0.25, 0.3) is 5.56 Å². The van der Waals surface area contributed by atoms with Gasteiger partial charge in [0, 0.05) is 6.42 Å². The number of amides is 1. The zero-order chi connectivity index (χ0) is 20.2. The second-order valence-electron chi connectivity index (χ2n) is 9.16. The maximum Gasteiger partial charge on any atom is 0.349 e. The molecule has 1 aromatic carbocycles. The molecule has 4 aliphatic carbocycles. The number of nitrogens with zero attached hydrogens (tertiary/aromatic N) is 2. The van der Waals surface area contributed by atoms with Crippen molar-refractivity contribution < 1.29 is 4.79 Å². The van der Waals surface area contributed by atoms with Crippen molar-refractivity contribution in [2.75, 3.05) is 5.32 Å². The van der Waals surface area contributed by atoms with Crippen LogP contribution in [-0.2, 0) is 4.79 Å². The number of H-pyrrole nitrogens is 1. The third-order valence-electron chi connectivity index (χ3n) is 6.88. The maximum absolute atomic E-state index is 12.9. The number of carbonyl (C=O) groups excluding carboxylic acids is 1. The number of hydrogen-bond acceptors (Lipinski definition) is 4. The van der Waals surface area contributed by atoms with E-state index >= 15 is 0 Å². The van der Waals surface area contributed by atoms with Crippen LogP contribution in [0.4, 0.5) is 5.69 Å². The van der Waals surface area contributed by atoms with Crippen LogP contribution >= 0.6 is 11.6 Å². The number of hydrogen-bond donors (Lipinski definition) is 2. The van der Waals surface area contributed by atoms with E-state index in [4.69, 9.17) is 11.6 Å². The van der Waals surface area contributed by atoms with Gasteiger partial charge in [-0.25, -0.2) is 4.79 Å². The van der Waals surface area contributed by atoms with Crippen molar-refractivity contribution in [1.29, 1.82) is 0 Å². The summed E-state index contributed by atoms with van der Waals surface area (Å²) in [5, 5.41) is 7.18. The Bertz CT molecular complexity index is 1050. The lowest BCUT2D eigenvalue weighted by atomic mass is 9.49. The number of anilines is 1. The standard InChI is InChI=1S/C21H23ClN4O3/c22-16-2-1-15(26-20(29)25-19(28)11-23-26)6-17(16)24-18(27)10-21-7-12-3-13(8-21)5-14(4-12)9-21/h1-2,6,11-14H,3-5,7-10H2,(H,24,27)(H,25,28,29). The summed E-state index contributed by atoms with van der Waals surface area (Å²) in [5.74, 6) is 2.34. The van der Waals surface area contributed by atoms with E-state index in [-0.39, 0.29) is 11.3 Å². The molecule has 2 aromatic rings. The molecule has 4 fully saturated rings. The fourth-order valence-corrected chi connectivity index (χ4v) is 6.48. The van der Waals surface area contributed by atoms with E-state index in [0.29, 0.717) is 22.8 Å². The number of aromatic amines is 1. The molecule has 2 N–H and O–H groups in total. The highest BCUT2D eigenvalue weighted by Gasteiger charge is 2.51. The van der Waals surface area contributed by atoms with E-state index in [1.54, 1.807) is 18.2 Å². The summed E-state index contributed by atoms with van der Waals surface area (Å²) in [6, 6.07) is 4.83. The highest BCUT2D eigenvalue weighted by atomic mass is 35.5. The Morgan fingerprint density at radius 3 is 2.45 bits per heavy atom. The zero-order valence-electron chi connectivity index (χ0n) is 16.0. The first-order valence-corrected chi connectivity index (χ1v) is 10.6. The Labute approximate surface area is 172 Å². The van der Waals surface area contributed by atoms with Gasteiger partial charge >= 0.3 is 5.69 Å². The molecule has 152 valence electrons. The van der Waals surface area contributed by atoms with Gasteiger partial charge in [0.15, 0.2) is 0 Å². The van der Waals surface area contributed by atoms with Crippen LogP contribution in [0.1, 0.15) is 44.9 Å². The minimum atomic E-state index is -0.648. The van der Waals surface area contributed by atoms with Crippen LogP contribution in [0.25, 0.3) is 5.69 Å². The Morgan fingerprint density at radius 2 is 1.83 bits per heavy atom. The second-order valence-corrected chi connectivity index (χ2v) is 9.56. The Hall–Kier alpha value is -2.41. The molecular weight excluding hydrogens is 392 g/mol. The first-order valence-electron chi connectivity index (χ1n) is 10.2. The molecule has 1 heterocycles. The van der Waals surface area contributed by atoms with E-state index in [2.05, 4.69) is 15.4 Å². The summed E-state index contributed by atoms with van der Waals surface area (Å²) in [5.41, 5.74) is -0.213. The van der Waals surface area contributed by atoms with Crippen molar-refractivity contribution in [2.45, 2.75) is 44.9 Å². The van der Waals surface area contributed by atoms with E-state index in [1.807, 2.05) is 0 Å². The van der Waals surface area contributed by atoms with E-state index < -0.39 is 11.2 Å². The first-order chi connectivity index (χ1) is 13.9. The molecule has 4 bridgehead atoms. The van der Waals surface area contributed by atoms with E-state index in [9.17, 15) is 14.4 Å². The molecule has 0 atom stereocenters. The zero-order valence-corrected chi connectivity index (χ0v) is 16.7. The number of benzene rings is 1. The van der Waals surface area contributed by atoms with Crippen molar-refractivity contribution >= 4 is 23.2 Å². The van der Waals surface area contributed by atoms with Crippen LogP contribution in [-0.4, -0.2) is 20.7 Å². The van der Waals surface area contributed by atoms with Gasteiger partial charge < -0.3 is 5.32 Å². The molecule has 8 heteroatoms. The van der Waals surface area contributed by atoms with Gasteiger partial charge in [-0.2, -0.15) is 9.78 Å². The van der Waals surface area contributed by atoms with E-state index in [0.717, 1.165) is 47.9 Å². The monoisotopic (exact) mass is 414 g/mol. The lowest BCUT2D eigenvalue weighted by Crippen LogP contribution is -2.47. The number of aromatic nitrogens is 3. The van der Waals surface area contributed by atoms with Crippen molar-refractivity contribution in [2.24, 2.45) is 23.2 Å². The minimum Gasteiger partial charge on any atom is -0.325 e. The molecule has 7 nitrogen and oxygen atoms in total. The van der Waals surface area contributed by atoms with Crippen molar-refractivity contribution in [3.05, 3.63) is 50.3 Å². The summed E-state index contributed by atoms with van der Waals surface area (Å²) in [4.78, 5) is 38.3.